The van der Waals surface area contributed by atoms with Crippen molar-refractivity contribution in [1.82, 2.24) is 9.97 Å². The van der Waals surface area contributed by atoms with E-state index in [9.17, 15) is 0 Å². The predicted molar refractivity (Wildman–Crippen MR) is 53.2 cm³/mol. The van der Waals surface area contributed by atoms with Crippen molar-refractivity contribution in [3.63, 3.8) is 0 Å². The predicted octanol–water partition coefficient (Wildman–Crippen LogP) is 3.06. The molecular formula is C9H13BrN2. The molecule has 0 radical (unpaired) electrons. The van der Waals surface area contributed by atoms with Gasteiger partial charge in [0.1, 0.15) is 5.82 Å². The maximum absolute atomic E-state index is 4.39. The largest absolute Gasteiger partial charge is 0.240 e. The summed E-state index contributed by atoms with van der Waals surface area (Å²) in [5.41, 5.74) is 1.01. The van der Waals surface area contributed by atoms with Gasteiger partial charge in [-0.2, -0.15) is 0 Å². The van der Waals surface area contributed by atoms with E-state index >= 15 is 0 Å². The molecule has 1 aromatic heterocycles. The Hall–Kier alpha value is -0.440. The van der Waals surface area contributed by atoms with Gasteiger partial charge in [0.25, 0.3) is 0 Å². The van der Waals surface area contributed by atoms with Crippen LogP contribution in [0.1, 0.15) is 37.7 Å². The standard InChI is InChI=1S/C9H13BrN2/c1-4-6(2)9-11-5-8(10)7(3)12-9/h5-6H,4H2,1-3H3. The molecule has 0 aliphatic heterocycles. The number of nitrogens with zero attached hydrogens (tertiary/aromatic N) is 2. The molecule has 0 bridgehead atoms. The van der Waals surface area contributed by atoms with Crippen LogP contribution in [0.2, 0.25) is 0 Å². The maximum Gasteiger partial charge on any atom is 0.131 e. The summed E-state index contributed by atoms with van der Waals surface area (Å²) in [7, 11) is 0. The van der Waals surface area contributed by atoms with Gasteiger partial charge in [0.2, 0.25) is 0 Å². The normalized spacial score (nSPS) is 13.0. The fraction of sp³-hybridized carbons (Fsp3) is 0.556. The quantitative estimate of drug-likeness (QED) is 0.778. The van der Waals surface area contributed by atoms with Crippen molar-refractivity contribution in [2.24, 2.45) is 0 Å². The lowest BCUT2D eigenvalue weighted by Gasteiger charge is -2.07. The van der Waals surface area contributed by atoms with Crippen molar-refractivity contribution in [3.8, 4) is 0 Å². The molecule has 1 atom stereocenters. The van der Waals surface area contributed by atoms with Gasteiger partial charge in [-0.05, 0) is 29.3 Å². The van der Waals surface area contributed by atoms with Gasteiger partial charge >= 0.3 is 0 Å². The second kappa shape index (κ2) is 3.99. The fourth-order valence-electron chi connectivity index (χ4n) is 0.890. The van der Waals surface area contributed by atoms with E-state index in [2.05, 4.69) is 39.7 Å². The average Bonchev–Trinajstić information content (AvgIpc) is 2.08. The summed E-state index contributed by atoms with van der Waals surface area (Å²) in [4.78, 5) is 8.64. The Morgan fingerprint density at radius 3 is 2.75 bits per heavy atom. The van der Waals surface area contributed by atoms with Crippen LogP contribution >= 0.6 is 15.9 Å². The Kier molecular flexibility index (Phi) is 3.20. The number of rotatable bonds is 2. The molecule has 0 amide bonds. The van der Waals surface area contributed by atoms with E-state index in [1.165, 1.54) is 0 Å². The van der Waals surface area contributed by atoms with Crippen molar-refractivity contribution in [2.45, 2.75) is 33.1 Å². The molecule has 2 nitrogen and oxygen atoms in total. The summed E-state index contributed by atoms with van der Waals surface area (Å²) < 4.78 is 0.981. The van der Waals surface area contributed by atoms with Crippen LogP contribution in [0, 0.1) is 6.92 Å². The monoisotopic (exact) mass is 228 g/mol. The van der Waals surface area contributed by atoms with E-state index in [4.69, 9.17) is 0 Å². The van der Waals surface area contributed by atoms with Crippen molar-refractivity contribution in [1.29, 1.82) is 0 Å². The second-order valence-corrected chi connectivity index (χ2v) is 3.83. The molecule has 0 aromatic carbocycles. The Bertz CT molecular complexity index is 273. The lowest BCUT2D eigenvalue weighted by Crippen LogP contribution is -2.01. The van der Waals surface area contributed by atoms with Crippen molar-refractivity contribution >= 4 is 15.9 Å². The molecule has 1 rings (SSSR count). The van der Waals surface area contributed by atoms with Crippen LogP contribution in [-0.4, -0.2) is 9.97 Å². The van der Waals surface area contributed by atoms with E-state index in [-0.39, 0.29) is 0 Å². The first-order chi connectivity index (χ1) is 5.65. The van der Waals surface area contributed by atoms with Crippen LogP contribution in [-0.2, 0) is 0 Å². The first-order valence-corrected chi connectivity index (χ1v) is 4.93. The molecule has 1 unspecified atom stereocenters. The van der Waals surface area contributed by atoms with Crippen LogP contribution in [0.5, 0.6) is 0 Å². The highest BCUT2D eigenvalue weighted by atomic mass is 79.9. The van der Waals surface area contributed by atoms with E-state index in [1.807, 2.05) is 13.1 Å². The van der Waals surface area contributed by atoms with Crippen LogP contribution in [0.25, 0.3) is 0 Å². The van der Waals surface area contributed by atoms with Gasteiger partial charge in [-0.3, -0.25) is 0 Å². The Labute approximate surface area is 81.6 Å². The Morgan fingerprint density at radius 2 is 2.25 bits per heavy atom. The lowest BCUT2D eigenvalue weighted by molar-refractivity contribution is 0.673. The number of aryl methyl sites for hydroxylation is 1. The molecule has 12 heavy (non-hydrogen) atoms. The highest BCUT2D eigenvalue weighted by molar-refractivity contribution is 9.10. The molecule has 0 saturated carbocycles. The summed E-state index contributed by atoms with van der Waals surface area (Å²) in [6.07, 6.45) is 2.91. The van der Waals surface area contributed by atoms with E-state index < -0.39 is 0 Å². The minimum Gasteiger partial charge on any atom is -0.240 e. The molecular weight excluding hydrogens is 216 g/mol. The van der Waals surface area contributed by atoms with Crippen molar-refractivity contribution in [3.05, 3.63) is 22.2 Å². The maximum atomic E-state index is 4.39. The van der Waals surface area contributed by atoms with Crippen LogP contribution in [0.4, 0.5) is 0 Å². The summed E-state index contributed by atoms with van der Waals surface area (Å²) in [6, 6.07) is 0. The smallest absolute Gasteiger partial charge is 0.131 e. The summed E-state index contributed by atoms with van der Waals surface area (Å²) >= 11 is 3.38. The molecule has 0 N–H and O–H groups in total. The highest BCUT2D eigenvalue weighted by Gasteiger charge is 2.06. The molecule has 66 valence electrons. The van der Waals surface area contributed by atoms with Crippen molar-refractivity contribution in [2.75, 3.05) is 0 Å². The first kappa shape index (κ1) is 9.65. The van der Waals surface area contributed by atoms with Crippen LogP contribution in [0.15, 0.2) is 10.7 Å². The molecule has 1 aromatic rings. The fourth-order valence-corrected chi connectivity index (χ4v) is 1.08. The van der Waals surface area contributed by atoms with Gasteiger partial charge in [0, 0.05) is 12.1 Å². The second-order valence-electron chi connectivity index (χ2n) is 2.97. The van der Waals surface area contributed by atoms with Gasteiger partial charge in [-0.25, -0.2) is 9.97 Å². The number of hydrogen-bond donors (Lipinski definition) is 0. The molecule has 3 heteroatoms. The minimum absolute atomic E-state index is 0.455. The summed E-state index contributed by atoms with van der Waals surface area (Å²) in [5.74, 6) is 1.40. The summed E-state index contributed by atoms with van der Waals surface area (Å²) in [6.45, 7) is 6.27. The molecule has 1 heterocycles. The molecule has 0 aliphatic rings. The number of aromatic nitrogens is 2. The first-order valence-electron chi connectivity index (χ1n) is 4.14. The van der Waals surface area contributed by atoms with Gasteiger partial charge < -0.3 is 0 Å². The molecule has 0 saturated heterocycles. The van der Waals surface area contributed by atoms with E-state index in [1.54, 1.807) is 0 Å². The van der Waals surface area contributed by atoms with E-state index in [0.717, 1.165) is 22.4 Å². The highest BCUT2D eigenvalue weighted by Crippen LogP contribution is 2.17. The van der Waals surface area contributed by atoms with Crippen LogP contribution < -0.4 is 0 Å². The zero-order valence-corrected chi connectivity index (χ0v) is 9.22. The molecule has 0 spiro atoms. The third kappa shape index (κ3) is 2.03. The SMILES string of the molecule is CCC(C)c1ncc(Br)c(C)n1. The summed E-state index contributed by atoms with van der Waals surface area (Å²) in [5, 5.41) is 0. The van der Waals surface area contributed by atoms with E-state index in [0.29, 0.717) is 5.92 Å². The average molecular weight is 229 g/mol. The third-order valence-electron chi connectivity index (χ3n) is 1.99. The molecule has 0 fully saturated rings. The Morgan fingerprint density at radius 1 is 1.58 bits per heavy atom. The zero-order chi connectivity index (χ0) is 9.14. The van der Waals surface area contributed by atoms with Crippen molar-refractivity contribution < 1.29 is 0 Å². The lowest BCUT2D eigenvalue weighted by atomic mass is 10.1. The van der Waals surface area contributed by atoms with Gasteiger partial charge in [-0.1, -0.05) is 13.8 Å². The number of hydrogen-bond acceptors (Lipinski definition) is 2. The minimum atomic E-state index is 0.455. The number of halogens is 1. The van der Waals surface area contributed by atoms with Crippen LogP contribution in [0.3, 0.4) is 0 Å². The van der Waals surface area contributed by atoms with Gasteiger partial charge in [0.05, 0.1) is 10.2 Å². The van der Waals surface area contributed by atoms with Gasteiger partial charge in [0.15, 0.2) is 0 Å². The topological polar surface area (TPSA) is 25.8 Å². The zero-order valence-electron chi connectivity index (χ0n) is 7.63. The Balaban J connectivity index is 2.96. The molecule has 0 aliphatic carbocycles. The third-order valence-corrected chi connectivity index (χ3v) is 2.77. The van der Waals surface area contributed by atoms with Gasteiger partial charge in [-0.15, -0.1) is 0 Å².